The average Bonchev–Trinajstić information content (AvgIpc) is 3.27. The van der Waals surface area contributed by atoms with Crippen LogP contribution in [-0.2, 0) is 18.4 Å². The molecule has 0 spiro atoms. The number of aryl methyl sites for hydroxylation is 1. The minimum atomic E-state index is -0.0220. The van der Waals surface area contributed by atoms with Crippen molar-refractivity contribution < 1.29 is 0 Å². The second kappa shape index (κ2) is 11.9. The lowest BCUT2D eigenvalue weighted by atomic mass is 9.68. The van der Waals surface area contributed by atoms with Crippen molar-refractivity contribution in [3.05, 3.63) is 90.0 Å². The molecule has 0 aliphatic rings. The zero-order valence-corrected chi connectivity index (χ0v) is 19.8. The Labute approximate surface area is 189 Å². The maximum atomic E-state index is 4.85. The largest absolute Gasteiger partial charge is 0.335 e. The van der Waals surface area contributed by atoms with Crippen LogP contribution in [0.5, 0.6) is 0 Å². The van der Waals surface area contributed by atoms with Crippen molar-refractivity contribution in [2.75, 3.05) is 0 Å². The zero-order chi connectivity index (χ0) is 21.9. The van der Waals surface area contributed by atoms with Crippen molar-refractivity contribution in [1.29, 1.82) is 0 Å². The van der Waals surface area contributed by atoms with Crippen molar-refractivity contribution in [3.63, 3.8) is 0 Å². The van der Waals surface area contributed by atoms with Gasteiger partial charge in [0.1, 0.15) is 5.82 Å². The van der Waals surface area contributed by atoms with Crippen molar-refractivity contribution >= 4 is 0 Å². The normalized spacial score (nSPS) is 14.3. The Morgan fingerprint density at radius 1 is 0.839 bits per heavy atom. The molecule has 166 valence electrons. The highest BCUT2D eigenvalue weighted by Crippen LogP contribution is 2.41. The van der Waals surface area contributed by atoms with Gasteiger partial charge in [0.05, 0.1) is 0 Å². The molecule has 0 N–H and O–H groups in total. The molecule has 0 fully saturated rings. The molecule has 1 heterocycles. The van der Waals surface area contributed by atoms with Gasteiger partial charge in [-0.15, -0.1) is 0 Å². The van der Waals surface area contributed by atoms with Crippen LogP contribution in [0.3, 0.4) is 0 Å². The molecule has 2 nitrogen and oxygen atoms in total. The van der Waals surface area contributed by atoms with Gasteiger partial charge in [-0.1, -0.05) is 120 Å². The highest BCUT2D eigenvalue weighted by atomic mass is 15.1. The first-order valence-corrected chi connectivity index (χ1v) is 12.3. The van der Waals surface area contributed by atoms with Gasteiger partial charge in [0.15, 0.2) is 0 Å². The molecule has 0 radical (unpaired) electrons. The summed E-state index contributed by atoms with van der Waals surface area (Å²) in [6, 6.07) is 21.9. The van der Waals surface area contributed by atoms with Crippen LogP contribution >= 0.6 is 0 Å². The molecule has 2 heteroatoms. The Morgan fingerprint density at radius 2 is 1.45 bits per heavy atom. The first-order chi connectivity index (χ1) is 15.1. The Kier molecular flexibility index (Phi) is 8.94. The third kappa shape index (κ3) is 6.32. The molecular formula is C29H40N2. The SMILES string of the molecule is CCCCCCCCCn1ccnc1C(C)C(C)(Cc1ccccc1)c1ccccc1. The molecule has 0 amide bonds. The van der Waals surface area contributed by atoms with Crippen molar-refractivity contribution in [1.82, 2.24) is 9.55 Å². The smallest absolute Gasteiger partial charge is 0.112 e. The van der Waals surface area contributed by atoms with Crippen LogP contribution in [0.1, 0.15) is 88.6 Å². The second-order valence-electron chi connectivity index (χ2n) is 9.27. The molecule has 3 aromatic rings. The third-order valence-electron chi connectivity index (χ3n) is 6.94. The predicted molar refractivity (Wildman–Crippen MR) is 133 cm³/mol. The van der Waals surface area contributed by atoms with E-state index in [-0.39, 0.29) is 5.41 Å². The molecular weight excluding hydrogens is 376 g/mol. The lowest BCUT2D eigenvalue weighted by Gasteiger charge is -2.36. The van der Waals surface area contributed by atoms with Crippen LogP contribution in [0.25, 0.3) is 0 Å². The van der Waals surface area contributed by atoms with E-state index in [1.54, 1.807) is 0 Å². The molecule has 3 rings (SSSR count). The van der Waals surface area contributed by atoms with Gasteiger partial charge in [-0.3, -0.25) is 0 Å². The first-order valence-electron chi connectivity index (χ1n) is 12.3. The Bertz CT molecular complexity index is 868. The standard InChI is InChI=1S/C29H40N2/c1-4-5-6-7-8-9-16-22-31-23-21-30-28(31)25(2)29(3,27-19-14-11-15-20-27)24-26-17-12-10-13-18-26/h10-15,17-21,23,25H,4-9,16,22,24H2,1-3H3. The molecule has 0 aliphatic heterocycles. The number of unbranched alkanes of at least 4 members (excludes halogenated alkanes) is 6. The highest BCUT2D eigenvalue weighted by molar-refractivity contribution is 5.32. The number of imidazole rings is 1. The summed E-state index contributed by atoms with van der Waals surface area (Å²) in [5.41, 5.74) is 2.74. The summed E-state index contributed by atoms with van der Waals surface area (Å²) < 4.78 is 2.41. The van der Waals surface area contributed by atoms with Crippen molar-refractivity contribution in [2.45, 2.75) is 90.0 Å². The molecule has 0 saturated carbocycles. The van der Waals surface area contributed by atoms with Crippen molar-refractivity contribution in [2.24, 2.45) is 0 Å². The van der Waals surface area contributed by atoms with E-state index >= 15 is 0 Å². The van der Waals surface area contributed by atoms with Gasteiger partial charge in [0.25, 0.3) is 0 Å². The molecule has 0 saturated heterocycles. The van der Waals surface area contributed by atoms with E-state index < -0.39 is 0 Å². The van der Waals surface area contributed by atoms with Crippen LogP contribution in [0.4, 0.5) is 0 Å². The molecule has 1 aromatic heterocycles. The number of benzene rings is 2. The summed E-state index contributed by atoms with van der Waals surface area (Å²) in [4.78, 5) is 4.85. The third-order valence-corrected chi connectivity index (χ3v) is 6.94. The van der Waals surface area contributed by atoms with Gasteiger partial charge in [-0.05, 0) is 24.0 Å². The molecule has 0 aliphatic carbocycles. The van der Waals surface area contributed by atoms with Gasteiger partial charge >= 0.3 is 0 Å². The minimum Gasteiger partial charge on any atom is -0.335 e. The summed E-state index contributed by atoms with van der Waals surface area (Å²) in [5.74, 6) is 1.53. The number of hydrogen-bond donors (Lipinski definition) is 0. The fraction of sp³-hybridized carbons (Fsp3) is 0.483. The van der Waals surface area contributed by atoms with Gasteiger partial charge in [0, 0.05) is 30.3 Å². The van der Waals surface area contributed by atoms with E-state index in [2.05, 4.69) is 92.2 Å². The van der Waals surface area contributed by atoms with E-state index in [0.29, 0.717) is 5.92 Å². The maximum absolute atomic E-state index is 4.85. The van der Waals surface area contributed by atoms with E-state index in [0.717, 1.165) is 13.0 Å². The van der Waals surface area contributed by atoms with Crippen LogP contribution in [0.2, 0.25) is 0 Å². The molecule has 2 atom stereocenters. The zero-order valence-electron chi connectivity index (χ0n) is 19.8. The van der Waals surface area contributed by atoms with Crippen LogP contribution < -0.4 is 0 Å². The van der Waals surface area contributed by atoms with Crippen LogP contribution in [0, 0.1) is 0 Å². The van der Waals surface area contributed by atoms with Crippen LogP contribution in [0.15, 0.2) is 73.1 Å². The van der Waals surface area contributed by atoms with E-state index in [9.17, 15) is 0 Å². The number of nitrogens with zero attached hydrogens (tertiary/aromatic N) is 2. The van der Waals surface area contributed by atoms with Gasteiger partial charge in [0.2, 0.25) is 0 Å². The van der Waals surface area contributed by atoms with E-state index in [4.69, 9.17) is 4.98 Å². The summed E-state index contributed by atoms with van der Waals surface area (Å²) in [5, 5.41) is 0. The van der Waals surface area contributed by atoms with Gasteiger partial charge in [-0.2, -0.15) is 0 Å². The summed E-state index contributed by atoms with van der Waals surface area (Å²) >= 11 is 0. The Hall–Kier alpha value is -2.35. The Balaban J connectivity index is 1.73. The lowest BCUT2D eigenvalue weighted by Crippen LogP contribution is -2.33. The fourth-order valence-electron chi connectivity index (χ4n) is 4.76. The quantitative estimate of drug-likeness (QED) is 0.259. The van der Waals surface area contributed by atoms with Crippen LogP contribution in [-0.4, -0.2) is 9.55 Å². The minimum absolute atomic E-state index is 0.0220. The summed E-state index contributed by atoms with van der Waals surface area (Å²) in [6.45, 7) is 8.12. The molecule has 0 bridgehead atoms. The molecule has 31 heavy (non-hydrogen) atoms. The van der Waals surface area contributed by atoms with E-state index in [1.165, 1.54) is 61.9 Å². The second-order valence-corrected chi connectivity index (χ2v) is 9.27. The van der Waals surface area contributed by atoms with E-state index in [1.807, 2.05) is 6.20 Å². The molecule has 2 unspecified atom stereocenters. The number of rotatable bonds is 13. The average molecular weight is 417 g/mol. The summed E-state index contributed by atoms with van der Waals surface area (Å²) in [7, 11) is 0. The molecule has 2 aromatic carbocycles. The topological polar surface area (TPSA) is 17.8 Å². The number of hydrogen-bond acceptors (Lipinski definition) is 1. The monoisotopic (exact) mass is 416 g/mol. The summed E-state index contributed by atoms with van der Waals surface area (Å²) in [6.07, 6.45) is 14.5. The highest BCUT2D eigenvalue weighted by Gasteiger charge is 2.36. The maximum Gasteiger partial charge on any atom is 0.112 e. The number of aromatic nitrogens is 2. The fourth-order valence-corrected chi connectivity index (χ4v) is 4.76. The van der Waals surface area contributed by atoms with Gasteiger partial charge in [-0.25, -0.2) is 4.98 Å². The first kappa shape index (κ1) is 23.3. The Morgan fingerprint density at radius 3 is 2.13 bits per heavy atom. The van der Waals surface area contributed by atoms with Gasteiger partial charge < -0.3 is 4.57 Å². The van der Waals surface area contributed by atoms with Crippen molar-refractivity contribution in [3.8, 4) is 0 Å². The lowest BCUT2D eigenvalue weighted by molar-refractivity contribution is 0.366. The predicted octanol–water partition coefficient (Wildman–Crippen LogP) is 7.94.